The van der Waals surface area contributed by atoms with E-state index < -0.39 is 0 Å². The Balaban J connectivity index is 1.97. The van der Waals surface area contributed by atoms with Crippen LogP contribution < -0.4 is 0 Å². The van der Waals surface area contributed by atoms with Gasteiger partial charge in [-0.1, -0.05) is 48.9 Å². The quantitative estimate of drug-likeness (QED) is 0.515. The molecule has 4 rings (SSSR count). The molecule has 0 saturated heterocycles. The Labute approximate surface area is 136 Å². The summed E-state index contributed by atoms with van der Waals surface area (Å²) in [6.07, 6.45) is 1.04. The number of imidazole rings is 1. The SMILES string of the molecule is CCc1ccc2nc(-c3ccc(C)c4cc(C)ccc34)[nH]c2c1. The van der Waals surface area contributed by atoms with E-state index in [-0.39, 0.29) is 0 Å². The minimum absolute atomic E-state index is 0.946. The molecule has 0 spiro atoms. The third-order valence-corrected chi connectivity index (χ3v) is 4.60. The van der Waals surface area contributed by atoms with E-state index in [1.807, 2.05) is 0 Å². The van der Waals surface area contributed by atoms with Crippen LogP contribution in [0.5, 0.6) is 0 Å². The first-order chi connectivity index (χ1) is 11.2. The lowest BCUT2D eigenvalue weighted by molar-refractivity contribution is 1.14. The van der Waals surface area contributed by atoms with Gasteiger partial charge in [-0.15, -0.1) is 0 Å². The minimum Gasteiger partial charge on any atom is -0.338 e. The summed E-state index contributed by atoms with van der Waals surface area (Å²) in [4.78, 5) is 8.31. The smallest absolute Gasteiger partial charge is 0.139 e. The van der Waals surface area contributed by atoms with Crippen molar-refractivity contribution in [3.63, 3.8) is 0 Å². The van der Waals surface area contributed by atoms with Gasteiger partial charge in [0.15, 0.2) is 0 Å². The highest BCUT2D eigenvalue weighted by Crippen LogP contribution is 2.31. The fraction of sp³-hybridized carbons (Fsp3) is 0.190. The van der Waals surface area contributed by atoms with Crippen LogP contribution in [-0.4, -0.2) is 9.97 Å². The van der Waals surface area contributed by atoms with E-state index in [0.29, 0.717) is 0 Å². The van der Waals surface area contributed by atoms with E-state index in [1.54, 1.807) is 0 Å². The molecule has 1 heterocycles. The van der Waals surface area contributed by atoms with Gasteiger partial charge in [0, 0.05) is 5.56 Å². The summed E-state index contributed by atoms with van der Waals surface area (Å²) >= 11 is 0. The molecule has 0 unspecified atom stereocenters. The summed E-state index contributed by atoms with van der Waals surface area (Å²) in [5.41, 5.74) is 7.22. The van der Waals surface area contributed by atoms with Gasteiger partial charge in [0.2, 0.25) is 0 Å². The molecule has 0 radical (unpaired) electrons. The highest BCUT2D eigenvalue weighted by molar-refractivity contribution is 5.98. The van der Waals surface area contributed by atoms with E-state index in [4.69, 9.17) is 4.98 Å². The monoisotopic (exact) mass is 300 g/mol. The minimum atomic E-state index is 0.946. The molecule has 0 amide bonds. The number of aryl methyl sites for hydroxylation is 3. The third kappa shape index (κ3) is 2.31. The van der Waals surface area contributed by atoms with Crippen LogP contribution in [0.4, 0.5) is 0 Å². The van der Waals surface area contributed by atoms with Crippen molar-refractivity contribution in [2.24, 2.45) is 0 Å². The standard InChI is InChI=1S/C21H20N2/c1-4-15-7-10-19-20(12-15)23-21(22-19)17-9-6-14(3)18-11-13(2)5-8-16(17)18/h5-12H,4H2,1-3H3,(H,22,23). The summed E-state index contributed by atoms with van der Waals surface area (Å²) in [7, 11) is 0. The number of aromatic nitrogens is 2. The zero-order valence-electron chi connectivity index (χ0n) is 13.8. The predicted octanol–water partition coefficient (Wildman–Crippen LogP) is 5.56. The first-order valence-corrected chi connectivity index (χ1v) is 8.14. The number of benzene rings is 3. The fourth-order valence-electron chi connectivity index (χ4n) is 3.22. The van der Waals surface area contributed by atoms with Crippen LogP contribution in [0.25, 0.3) is 33.2 Å². The predicted molar refractivity (Wildman–Crippen MR) is 97.9 cm³/mol. The largest absolute Gasteiger partial charge is 0.338 e. The molecule has 0 saturated carbocycles. The topological polar surface area (TPSA) is 28.7 Å². The molecular weight excluding hydrogens is 280 g/mol. The summed E-state index contributed by atoms with van der Waals surface area (Å²) in [5.74, 6) is 0.946. The van der Waals surface area contributed by atoms with Crippen LogP contribution in [-0.2, 0) is 6.42 Å². The summed E-state index contributed by atoms with van der Waals surface area (Å²) < 4.78 is 0. The Morgan fingerprint density at radius 1 is 0.913 bits per heavy atom. The molecule has 0 aliphatic heterocycles. The van der Waals surface area contributed by atoms with Gasteiger partial charge in [-0.3, -0.25) is 0 Å². The van der Waals surface area contributed by atoms with Crippen molar-refractivity contribution in [2.75, 3.05) is 0 Å². The molecule has 0 bridgehead atoms. The number of rotatable bonds is 2. The fourth-order valence-corrected chi connectivity index (χ4v) is 3.22. The van der Waals surface area contributed by atoms with Gasteiger partial charge in [-0.05, 0) is 54.3 Å². The zero-order valence-corrected chi connectivity index (χ0v) is 13.8. The Kier molecular flexibility index (Phi) is 3.19. The molecule has 2 nitrogen and oxygen atoms in total. The van der Waals surface area contributed by atoms with Gasteiger partial charge in [0.05, 0.1) is 11.0 Å². The Morgan fingerprint density at radius 3 is 2.61 bits per heavy atom. The molecule has 3 aromatic carbocycles. The first kappa shape index (κ1) is 14.0. The molecule has 0 atom stereocenters. The number of hydrogen-bond donors (Lipinski definition) is 1. The van der Waals surface area contributed by atoms with Crippen LogP contribution in [0.2, 0.25) is 0 Å². The second-order valence-corrected chi connectivity index (χ2v) is 6.27. The second-order valence-electron chi connectivity index (χ2n) is 6.27. The average Bonchev–Trinajstić information content (AvgIpc) is 2.98. The van der Waals surface area contributed by atoms with E-state index in [0.717, 1.165) is 23.3 Å². The number of hydrogen-bond acceptors (Lipinski definition) is 1. The summed E-state index contributed by atoms with van der Waals surface area (Å²) in [6.45, 7) is 6.48. The van der Waals surface area contributed by atoms with Crippen molar-refractivity contribution in [2.45, 2.75) is 27.2 Å². The van der Waals surface area contributed by atoms with Crippen LogP contribution in [0.3, 0.4) is 0 Å². The summed E-state index contributed by atoms with van der Waals surface area (Å²) in [5, 5.41) is 2.56. The van der Waals surface area contributed by atoms with Crippen molar-refractivity contribution in [1.29, 1.82) is 0 Å². The van der Waals surface area contributed by atoms with Gasteiger partial charge < -0.3 is 4.98 Å². The molecule has 0 aliphatic carbocycles. The number of nitrogens with zero attached hydrogens (tertiary/aromatic N) is 1. The maximum atomic E-state index is 4.81. The zero-order chi connectivity index (χ0) is 16.0. The number of fused-ring (bicyclic) bond motifs is 2. The lowest BCUT2D eigenvalue weighted by atomic mass is 9.98. The number of nitrogens with one attached hydrogen (secondary N) is 1. The van der Waals surface area contributed by atoms with Crippen molar-refractivity contribution in [3.05, 3.63) is 65.2 Å². The molecule has 4 aromatic rings. The van der Waals surface area contributed by atoms with E-state index >= 15 is 0 Å². The van der Waals surface area contributed by atoms with Crippen molar-refractivity contribution in [3.8, 4) is 11.4 Å². The third-order valence-electron chi connectivity index (χ3n) is 4.60. The van der Waals surface area contributed by atoms with Gasteiger partial charge in [-0.25, -0.2) is 4.98 Å². The normalized spacial score (nSPS) is 11.4. The van der Waals surface area contributed by atoms with E-state index in [2.05, 4.69) is 74.3 Å². The number of H-pyrrole nitrogens is 1. The van der Waals surface area contributed by atoms with Crippen LogP contribution in [0.1, 0.15) is 23.6 Å². The van der Waals surface area contributed by atoms with Crippen molar-refractivity contribution in [1.82, 2.24) is 9.97 Å². The number of aromatic amines is 1. The molecule has 0 fully saturated rings. The maximum absolute atomic E-state index is 4.81. The summed E-state index contributed by atoms with van der Waals surface area (Å²) in [6, 6.07) is 17.4. The van der Waals surface area contributed by atoms with Gasteiger partial charge in [-0.2, -0.15) is 0 Å². The molecular formula is C21H20N2. The van der Waals surface area contributed by atoms with Crippen molar-refractivity contribution >= 4 is 21.8 Å². The average molecular weight is 300 g/mol. The lowest BCUT2D eigenvalue weighted by Crippen LogP contribution is -1.87. The molecule has 2 heteroatoms. The van der Waals surface area contributed by atoms with E-state index in [1.165, 1.54) is 33.0 Å². The van der Waals surface area contributed by atoms with Crippen LogP contribution >= 0.6 is 0 Å². The lowest BCUT2D eigenvalue weighted by Gasteiger charge is -2.08. The van der Waals surface area contributed by atoms with Gasteiger partial charge in [0.1, 0.15) is 5.82 Å². The Hall–Kier alpha value is -2.61. The molecule has 23 heavy (non-hydrogen) atoms. The van der Waals surface area contributed by atoms with Crippen molar-refractivity contribution < 1.29 is 0 Å². The maximum Gasteiger partial charge on any atom is 0.139 e. The first-order valence-electron chi connectivity index (χ1n) is 8.14. The Bertz CT molecular complexity index is 1020. The Morgan fingerprint density at radius 2 is 1.78 bits per heavy atom. The second kappa shape index (κ2) is 5.24. The molecule has 1 N–H and O–H groups in total. The molecule has 114 valence electrons. The van der Waals surface area contributed by atoms with E-state index in [9.17, 15) is 0 Å². The van der Waals surface area contributed by atoms with Crippen LogP contribution in [0.15, 0.2) is 48.5 Å². The van der Waals surface area contributed by atoms with Gasteiger partial charge in [0.25, 0.3) is 0 Å². The van der Waals surface area contributed by atoms with Crippen LogP contribution in [0, 0.1) is 13.8 Å². The highest BCUT2D eigenvalue weighted by Gasteiger charge is 2.10. The van der Waals surface area contributed by atoms with Gasteiger partial charge >= 0.3 is 0 Å². The molecule has 0 aliphatic rings. The highest BCUT2D eigenvalue weighted by atomic mass is 14.9. The molecule has 1 aromatic heterocycles.